The summed E-state index contributed by atoms with van der Waals surface area (Å²) in [6.07, 6.45) is 2.42. The Balaban J connectivity index is 1.58. The van der Waals surface area contributed by atoms with Gasteiger partial charge in [0.25, 0.3) is 0 Å². The van der Waals surface area contributed by atoms with Gasteiger partial charge in [-0.2, -0.15) is 0 Å². The predicted octanol–water partition coefficient (Wildman–Crippen LogP) is 2.16. The lowest BCUT2D eigenvalue weighted by Crippen LogP contribution is -2.36. The van der Waals surface area contributed by atoms with Crippen molar-refractivity contribution in [3.05, 3.63) is 35.6 Å². The van der Waals surface area contributed by atoms with E-state index in [0.717, 1.165) is 12.8 Å². The van der Waals surface area contributed by atoms with Crippen LogP contribution in [0.15, 0.2) is 24.3 Å². The van der Waals surface area contributed by atoms with Gasteiger partial charge in [-0.1, -0.05) is 18.2 Å². The lowest BCUT2D eigenvalue weighted by atomic mass is 10.1. The third kappa shape index (κ3) is 2.70. The molecule has 0 radical (unpaired) electrons. The molecular weight excluding hydrogens is 257 g/mol. The first kappa shape index (κ1) is 13.6. The van der Waals surface area contributed by atoms with Crippen molar-refractivity contribution in [3.63, 3.8) is 0 Å². The Morgan fingerprint density at radius 2 is 2.15 bits per heavy atom. The number of carbonyl (C=O) groups is 1. The van der Waals surface area contributed by atoms with Crippen molar-refractivity contribution in [2.45, 2.75) is 31.3 Å². The predicted molar refractivity (Wildman–Crippen MR) is 73.6 cm³/mol. The second kappa shape index (κ2) is 5.17. The zero-order chi connectivity index (χ0) is 14.3. The minimum absolute atomic E-state index is 0.00391. The largest absolute Gasteiger partial charge is 0.391 e. The molecule has 0 aliphatic heterocycles. The molecule has 3 atom stereocenters. The Bertz CT molecular complexity index is 515. The second-order valence-corrected chi connectivity index (χ2v) is 6.09. The monoisotopic (exact) mass is 277 g/mol. The van der Waals surface area contributed by atoms with E-state index >= 15 is 0 Å². The summed E-state index contributed by atoms with van der Waals surface area (Å²) < 4.78 is 13.7. The van der Waals surface area contributed by atoms with Crippen molar-refractivity contribution in [3.8, 4) is 0 Å². The van der Waals surface area contributed by atoms with E-state index in [-0.39, 0.29) is 23.6 Å². The fourth-order valence-electron chi connectivity index (χ4n) is 2.87. The molecule has 2 aliphatic carbocycles. The molecule has 2 fully saturated rings. The summed E-state index contributed by atoms with van der Waals surface area (Å²) in [7, 11) is 1.73. The fraction of sp³-hybridized carbons (Fsp3) is 0.562. The van der Waals surface area contributed by atoms with Crippen LogP contribution in [0.3, 0.4) is 0 Å². The Hall–Kier alpha value is -1.42. The Morgan fingerprint density at radius 1 is 1.45 bits per heavy atom. The maximum absolute atomic E-state index is 13.7. The Labute approximate surface area is 118 Å². The van der Waals surface area contributed by atoms with Crippen molar-refractivity contribution in [2.24, 2.45) is 11.8 Å². The minimum Gasteiger partial charge on any atom is -0.391 e. The molecule has 0 spiro atoms. The zero-order valence-corrected chi connectivity index (χ0v) is 11.6. The van der Waals surface area contributed by atoms with Gasteiger partial charge < -0.3 is 10.0 Å². The van der Waals surface area contributed by atoms with Gasteiger partial charge in [-0.25, -0.2) is 4.39 Å². The molecule has 4 heteroatoms. The lowest BCUT2D eigenvalue weighted by Gasteiger charge is -2.21. The molecule has 3 rings (SSSR count). The number of likely N-dealkylation sites (N-methyl/N-ethyl adjacent to an activating group) is 1. The number of rotatable bonds is 5. The van der Waals surface area contributed by atoms with Crippen molar-refractivity contribution < 1.29 is 14.3 Å². The number of aliphatic hydroxyl groups is 1. The quantitative estimate of drug-likeness (QED) is 0.896. The number of aliphatic hydroxyl groups excluding tert-OH is 1. The van der Waals surface area contributed by atoms with Crippen molar-refractivity contribution in [2.75, 3.05) is 13.6 Å². The number of nitrogens with zero attached hydrogens (tertiary/aromatic N) is 1. The van der Waals surface area contributed by atoms with Crippen LogP contribution in [0.5, 0.6) is 0 Å². The summed E-state index contributed by atoms with van der Waals surface area (Å²) >= 11 is 0. The Kier molecular flexibility index (Phi) is 3.50. The number of amides is 1. The van der Waals surface area contributed by atoms with Crippen LogP contribution in [0, 0.1) is 17.7 Å². The molecular formula is C16H20FNO2. The van der Waals surface area contributed by atoms with Gasteiger partial charge in [-0.15, -0.1) is 0 Å². The highest BCUT2D eigenvalue weighted by atomic mass is 19.1. The van der Waals surface area contributed by atoms with Crippen LogP contribution in [0.4, 0.5) is 4.39 Å². The van der Waals surface area contributed by atoms with Crippen molar-refractivity contribution >= 4 is 5.91 Å². The molecule has 0 unspecified atom stereocenters. The van der Waals surface area contributed by atoms with Gasteiger partial charge in [-0.3, -0.25) is 4.79 Å². The van der Waals surface area contributed by atoms with Crippen LogP contribution < -0.4 is 0 Å². The van der Waals surface area contributed by atoms with Crippen LogP contribution >= 0.6 is 0 Å². The third-order valence-electron chi connectivity index (χ3n) is 4.42. The van der Waals surface area contributed by atoms with Gasteiger partial charge in [0.05, 0.1) is 6.10 Å². The maximum Gasteiger partial charge on any atom is 0.226 e. The molecule has 2 saturated carbocycles. The first-order chi connectivity index (χ1) is 9.58. The summed E-state index contributed by atoms with van der Waals surface area (Å²) in [5, 5.41) is 9.88. The van der Waals surface area contributed by atoms with Gasteiger partial charge in [0, 0.05) is 19.5 Å². The van der Waals surface area contributed by atoms with E-state index in [9.17, 15) is 14.3 Å². The highest BCUT2D eigenvalue weighted by molar-refractivity contribution is 5.82. The molecule has 3 nitrogen and oxygen atoms in total. The second-order valence-electron chi connectivity index (χ2n) is 6.09. The van der Waals surface area contributed by atoms with E-state index < -0.39 is 6.10 Å². The van der Waals surface area contributed by atoms with E-state index in [1.807, 2.05) is 0 Å². The molecule has 1 N–H and O–H groups in total. The summed E-state index contributed by atoms with van der Waals surface area (Å²) in [4.78, 5) is 13.9. The molecule has 2 aliphatic rings. The first-order valence-corrected chi connectivity index (χ1v) is 7.25. The highest BCUT2D eigenvalue weighted by Gasteiger charge is 2.46. The number of hydrogen-bond acceptors (Lipinski definition) is 2. The fourth-order valence-corrected chi connectivity index (χ4v) is 2.87. The molecule has 0 aromatic heterocycles. The zero-order valence-electron chi connectivity index (χ0n) is 11.6. The average molecular weight is 277 g/mol. The van der Waals surface area contributed by atoms with Crippen LogP contribution in [-0.4, -0.2) is 35.6 Å². The summed E-state index contributed by atoms with van der Waals surface area (Å²) in [6.45, 7) is 0.393. The average Bonchev–Trinajstić information content (AvgIpc) is 3.29. The third-order valence-corrected chi connectivity index (χ3v) is 4.42. The maximum atomic E-state index is 13.7. The van der Waals surface area contributed by atoms with E-state index in [1.165, 1.54) is 6.07 Å². The van der Waals surface area contributed by atoms with Gasteiger partial charge in [0.2, 0.25) is 5.91 Å². The topological polar surface area (TPSA) is 40.5 Å². The number of benzene rings is 1. The SMILES string of the molecule is CN(C[C@H](O)C1CC1)C(=O)[C@@H]1C[C@@H]1c1ccccc1F. The van der Waals surface area contributed by atoms with Crippen molar-refractivity contribution in [1.29, 1.82) is 0 Å². The normalized spacial score (nSPS) is 26.1. The van der Waals surface area contributed by atoms with E-state index in [1.54, 1.807) is 30.1 Å². The number of carbonyl (C=O) groups excluding carboxylic acids is 1. The van der Waals surface area contributed by atoms with Crippen LogP contribution in [-0.2, 0) is 4.79 Å². The van der Waals surface area contributed by atoms with Crippen molar-refractivity contribution in [1.82, 2.24) is 4.90 Å². The lowest BCUT2D eigenvalue weighted by molar-refractivity contribution is -0.132. The van der Waals surface area contributed by atoms with Crippen LogP contribution in [0.2, 0.25) is 0 Å². The number of halogens is 1. The molecule has 0 bridgehead atoms. The smallest absolute Gasteiger partial charge is 0.226 e. The van der Waals surface area contributed by atoms with Crippen LogP contribution in [0.25, 0.3) is 0 Å². The molecule has 0 saturated heterocycles. The molecule has 20 heavy (non-hydrogen) atoms. The molecule has 1 amide bonds. The van der Waals surface area contributed by atoms with Gasteiger partial charge >= 0.3 is 0 Å². The summed E-state index contributed by atoms with van der Waals surface area (Å²) in [6, 6.07) is 6.66. The molecule has 0 heterocycles. The Morgan fingerprint density at radius 3 is 2.80 bits per heavy atom. The van der Waals surface area contributed by atoms with Gasteiger partial charge in [-0.05, 0) is 42.7 Å². The molecule has 1 aromatic rings. The standard InChI is InChI=1S/C16H20FNO2/c1-18(9-15(19)10-6-7-10)16(20)13-8-12(13)11-4-2-3-5-14(11)17/h2-5,10,12-13,15,19H,6-9H2,1H3/t12-,13-,15+/m1/s1. The first-order valence-electron chi connectivity index (χ1n) is 7.25. The van der Waals surface area contributed by atoms with Gasteiger partial charge in [0.15, 0.2) is 0 Å². The van der Waals surface area contributed by atoms with E-state index in [4.69, 9.17) is 0 Å². The summed E-state index contributed by atoms with van der Waals surface area (Å²) in [5.74, 6) is 0.0470. The summed E-state index contributed by atoms with van der Waals surface area (Å²) in [5.41, 5.74) is 0.641. The highest BCUT2D eigenvalue weighted by Crippen LogP contribution is 2.49. The van der Waals surface area contributed by atoms with Gasteiger partial charge in [0.1, 0.15) is 5.82 Å². The molecule has 1 aromatic carbocycles. The number of hydrogen-bond donors (Lipinski definition) is 1. The minimum atomic E-state index is -0.408. The molecule has 108 valence electrons. The van der Waals surface area contributed by atoms with E-state index in [2.05, 4.69) is 0 Å². The van der Waals surface area contributed by atoms with Crippen LogP contribution in [0.1, 0.15) is 30.7 Å². The van der Waals surface area contributed by atoms with E-state index in [0.29, 0.717) is 24.4 Å².